The third-order valence-corrected chi connectivity index (χ3v) is 3.72. The molecule has 20 heavy (non-hydrogen) atoms. The molecule has 1 aromatic rings. The highest BCUT2D eigenvalue weighted by molar-refractivity contribution is 5.96. The van der Waals surface area contributed by atoms with Crippen LogP contribution in [0.5, 0.6) is 0 Å². The Labute approximate surface area is 117 Å². The monoisotopic (exact) mass is 278 g/mol. The lowest BCUT2D eigenvalue weighted by atomic mass is 9.92. The maximum absolute atomic E-state index is 12.2. The number of nitrogens with zero attached hydrogens (tertiary/aromatic N) is 1. The van der Waals surface area contributed by atoms with Crippen molar-refractivity contribution in [1.29, 1.82) is 0 Å². The molecule has 0 aliphatic heterocycles. The standard InChI is InChI=1S/C14H18N2O4/c1-9-6-7-10(16(19)20)8-11(9)14(18)15-12-4-2-3-5-13(12)17/h6-8,12-13,17H,2-5H2,1H3,(H,15,18)/t12-,13-/m0/s1. The molecule has 0 saturated heterocycles. The maximum Gasteiger partial charge on any atom is 0.270 e. The second-order valence-electron chi connectivity index (χ2n) is 5.19. The summed E-state index contributed by atoms with van der Waals surface area (Å²) < 4.78 is 0. The molecule has 1 amide bonds. The second kappa shape index (κ2) is 6.00. The molecule has 0 aromatic heterocycles. The molecule has 1 aromatic carbocycles. The summed E-state index contributed by atoms with van der Waals surface area (Å²) in [5.41, 5.74) is 0.861. The minimum Gasteiger partial charge on any atom is -0.391 e. The first-order chi connectivity index (χ1) is 9.49. The minimum absolute atomic E-state index is 0.107. The number of nitro groups is 1. The van der Waals surface area contributed by atoms with E-state index in [1.807, 2.05) is 0 Å². The van der Waals surface area contributed by atoms with Crippen LogP contribution in [0.25, 0.3) is 0 Å². The van der Waals surface area contributed by atoms with Crippen LogP contribution in [0.15, 0.2) is 18.2 Å². The summed E-state index contributed by atoms with van der Waals surface area (Å²) in [4.78, 5) is 22.5. The smallest absolute Gasteiger partial charge is 0.270 e. The number of rotatable bonds is 3. The van der Waals surface area contributed by atoms with Gasteiger partial charge in [0.2, 0.25) is 0 Å². The van der Waals surface area contributed by atoms with Gasteiger partial charge in [0.15, 0.2) is 0 Å². The van der Waals surface area contributed by atoms with E-state index in [1.165, 1.54) is 12.1 Å². The maximum atomic E-state index is 12.2. The largest absolute Gasteiger partial charge is 0.391 e. The number of aryl methyl sites for hydroxylation is 1. The number of carbonyl (C=O) groups is 1. The van der Waals surface area contributed by atoms with Gasteiger partial charge in [-0.15, -0.1) is 0 Å². The molecule has 0 bridgehead atoms. The van der Waals surface area contributed by atoms with Crippen LogP contribution < -0.4 is 5.32 Å². The number of carbonyl (C=O) groups excluding carboxylic acids is 1. The summed E-state index contributed by atoms with van der Waals surface area (Å²) in [7, 11) is 0. The van der Waals surface area contributed by atoms with E-state index in [0.29, 0.717) is 12.0 Å². The van der Waals surface area contributed by atoms with Crippen molar-refractivity contribution in [1.82, 2.24) is 5.32 Å². The van der Waals surface area contributed by atoms with E-state index >= 15 is 0 Å². The van der Waals surface area contributed by atoms with E-state index in [2.05, 4.69) is 5.32 Å². The van der Waals surface area contributed by atoms with Gasteiger partial charge >= 0.3 is 0 Å². The van der Waals surface area contributed by atoms with Gasteiger partial charge in [-0.1, -0.05) is 18.9 Å². The summed E-state index contributed by atoms with van der Waals surface area (Å²) in [6.45, 7) is 1.73. The molecule has 1 aliphatic carbocycles. The van der Waals surface area contributed by atoms with E-state index < -0.39 is 11.0 Å². The number of nitrogens with one attached hydrogen (secondary N) is 1. The van der Waals surface area contributed by atoms with Gasteiger partial charge in [-0.25, -0.2) is 0 Å². The first-order valence-corrected chi connectivity index (χ1v) is 6.73. The Kier molecular flexibility index (Phi) is 4.34. The molecule has 0 heterocycles. The fraction of sp³-hybridized carbons (Fsp3) is 0.500. The third kappa shape index (κ3) is 3.14. The molecular formula is C14H18N2O4. The SMILES string of the molecule is Cc1ccc([N+](=O)[O-])cc1C(=O)N[C@H]1CCCC[C@@H]1O. The number of aliphatic hydroxyl groups is 1. The third-order valence-electron chi connectivity index (χ3n) is 3.72. The number of non-ortho nitro benzene ring substituents is 1. The number of nitro benzene ring substituents is 1. The zero-order valence-electron chi connectivity index (χ0n) is 11.3. The molecule has 2 atom stereocenters. The van der Waals surface area contributed by atoms with Crippen molar-refractivity contribution in [2.45, 2.75) is 44.8 Å². The molecule has 2 N–H and O–H groups in total. The van der Waals surface area contributed by atoms with E-state index in [1.54, 1.807) is 13.0 Å². The predicted molar refractivity (Wildman–Crippen MR) is 73.6 cm³/mol. The van der Waals surface area contributed by atoms with E-state index in [9.17, 15) is 20.0 Å². The van der Waals surface area contributed by atoms with Gasteiger partial charge < -0.3 is 10.4 Å². The van der Waals surface area contributed by atoms with Crippen molar-refractivity contribution in [2.75, 3.05) is 0 Å². The molecule has 2 rings (SSSR count). The Bertz CT molecular complexity index is 530. The van der Waals surface area contributed by atoms with Crippen molar-refractivity contribution >= 4 is 11.6 Å². The van der Waals surface area contributed by atoms with Crippen molar-refractivity contribution < 1.29 is 14.8 Å². The summed E-state index contributed by atoms with van der Waals surface area (Å²) in [5.74, 6) is -0.364. The summed E-state index contributed by atoms with van der Waals surface area (Å²) >= 11 is 0. The van der Waals surface area contributed by atoms with Crippen LogP contribution in [-0.4, -0.2) is 28.1 Å². The van der Waals surface area contributed by atoms with Gasteiger partial charge in [0.25, 0.3) is 11.6 Å². The van der Waals surface area contributed by atoms with Gasteiger partial charge in [-0.2, -0.15) is 0 Å². The molecule has 0 spiro atoms. The topological polar surface area (TPSA) is 92.5 Å². The summed E-state index contributed by atoms with van der Waals surface area (Å²) in [5, 5.41) is 23.4. The van der Waals surface area contributed by atoms with Crippen LogP contribution in [-0.2, 0) is 0 Å². The van der Waals surface area contributed by atoms with Crippen molar-refractivity contribution in [3.05, 3.63) is 39.4 Å². The van der Waals surface area contributed by atoms with Crippen LogP contribution in [0.2, 0.25) is 0 Å². The molecule has 108 valence electrons. The van der Waals surface area contributed by atoms with Crippen molar-refractivity contribution in [3.8, 4) is 0 Å². The van der Waals surface area contributed by atoms with Crippen LogP contribution in [0.4, 0.5) is 5.69 Å². The van der Waals surface area contributed by atoms with Crippen LogP contribution in [0.3, 0.4) is 0 Å². The summed E-state index contributed by atoms with van der Waals surface area (Å²) in [6, 6.07) is 3.95. The lowest BCUT2D eigenvalue weighted by Gasteiger charge is -2.28. The van der Waals surface area contributed by atoms with Crippen molar-refractivity contribution in [3.63, 3.8) is 0 Å². The summed E-state index contributed by atoms with van der Waals surface area (Å²) in [6.07, 6.45) is 2.81. The molecule has 6 nitrogen and oxygen atoms in total. The zero-order chi connectivity index (χ0) is 14.7. The Morgan fingerprint density at radius 1 is 1.40 bits per heavy atom. The molecule has 1 fully saturated rings. The van der Waals surface area contributed by atoms with E-state index in [-0.39, 0.29) is 23.2 Å². The number of hydrogen-bond donors (Lipinski definition) is 2. The zero-order valence-corrected chi connectivity index (χ0v) is 11.3. The molecule has 6 heteroatoms. The highest BCUT2D eigenvalue weighted by Gasteiger charge is 2.25. The quantitative estimate of drug-likeness (QED) is 0.652. The highest BCUT2D eigenvalue weighted by atomic mass is 16.6. The van der Waals surface area contributed by atoms with Crippen LogP contribution in [0.1, 0.15) is 41.6 Å². The minimum atomic E-state index is -0.535. The Morgan fingerprint density at radius 3 is 2.75 bits per heavy atom. The molecular weight excluding hydrogens is 260 g/mol. The fourth-order valence-corrected chi connectivity index (χ4v) is 2.49. The lowest BCUT2D eigenvalue weighted by molar-refractivity contribution is -0.384. The Morgan fingerprint density at radius 2 is 2.10 bits per heavy atom. The number of hydrogen-bond acceptors (Lipinski definition) is 4. The van der Waals surface area contributed by atoms with Gasteiger partial charge in [0.05, 0.1) is 17.1 Å². The fourth-order valence-electron chi connectivity index (χ4n) is 2.49. The Balaban J connectivity index is 2.16. The van der Waals surface area contributed by atoms with Gasteiger partial charge in [-0.05, 0) is 25.3 Å². The van der Waals surface area contributed by atoms with Gasteiger partial charge in [0.1, 0.15) is 0 Å². The number of aliphatic hydroxyl groups excluding tert-OH is 1. The van der Waals surface area contributed by atoms with Crippen LogP contribution in [0, 0.1) is 17.0 Å². The average molecular weight is 278 g/mol. The predicted octanol–water partition coefficient (Wildman–Crippen LogP) is 1.94. The number of amides is 1. The lowest BCUT2D eigenvalue weighted by Crippen LogP contribution is -2.45. The first-order valence-electron chi connectivity index (χ1n) is 6.73. The normalized spacial score (nSPS) is 22.3. The Hall–Kier alpha value is -1.95. The second-order valence-corrected chi connectivity index (χ2v) is 5.19. The average Bonchev–Trinajstić information content (AvgIpc) is 2.41. The van der Waals surface area contributed by atoms with Gasteiger partial charge in [0, 0.05) is 17.7 Å². The van der Waals surface area contributed by atoms with E-state index in [4.69, 9.17) is 0 Å². The first kappa shape index (κ1) is 14.5. The van der Waals surface area contributed by atoms with Gasteiger partial charge in [-0.3, -0.25) is 14.9 Å². The molecule has 1 aliphatic rings. The highest BCUT2D eigenvalue weighted by Crippen LogP contribution is 2.21. The van der Waals surface area contributed by atoms with E-state index in [0.717, 1.165) is 19.3 Å². The number of benzene rings is 1. The molecule has 0 radical (unpaired) electrons. The molecule has 1 saturated carbocycles. The van der Waals surface area contributed by atoms with Crippen molar-refractivity contribution in [2.24, 2.45) is 0 Å². The van der Waals surface area contributed by atoms with Crippen LogP contribution >= 0.6 is 0 Å². The molecule has 0 unspecified atom stereocenters.